The van der Waals surface area contributed by atoms with E-state index in [1.807, 2.05) is 6.08 Å². The lowest BCUT2D eigenvalue weighted by atomic mass is 10.1. The molecule has 0 aliphatic heterocycles. The lowest BCUT2D eigenvalue weighted by Gasteiger charge is -2.14. The van der Waals surface area contributed by atoms with Crippen LogP contribution in [0.2, 0.25) is 0 Å². The Morgan fingerprint density at radius 2 is 1.48 bits per heavy atom. The maximum Gasteiger partial charge on any atom is 0.264 e. The van der Waals surface area contributed by atoms with Crippen molar-refractivity contribution in [2.75, 3.05) is 19.3 Å². The molecule has 1 N–H and O–H groups in total. The number of carbonyl (C=O) groups is 1. The van der Waals surface area contributed by atoms with Crippen molar-refractivity contribution in [1.82, 2.24) is 4.90 Å². The Balaban J connectivity index is 3.55. The second-order valence-electron chi connectivity index (χ2n) is 6.77. The van der Waals surface area contributed by atoms with Gasteiger partial charge in [0.1, 0.15) is 0 Å². The molecule has 25 heavy (non-hydrogen) atoms. The summed E-state index contributed by atoms with van der Waals surface area (Å²) in [5, 5.41) is 0. The standard InChI is InChI=1S/C19H37NO4S/c1-3-4-5-6-7-8-9-10-11-12-13-16-19(21)20(2)17-14-15-18-25(22,23)24/h13,16H,3-12,14-15,17-18H2,1-2H3,(H,22,23,24)/b16-13+. The summed E-state index contributed by atoms with van der Waals surface area (Å²) in [7, 11) is -2.19. The summed E-state index contributed by atoms with van der Waals surface area (Å²) < 4.78 is 29.8. The van der Waals surface area contributed by atoms with E-state index >= 15 is 0 Å². The molecule has 1 amide bonds. The largest absolute Gasteiger partial charge is 0.342 e. The van der Waals surface area contributed by atoms with Crippen LogP contribution in [0.3, 0.4) is 0 Å². The zero-order chi connectivity index (χ0) is 19.0. The third-order valence-corrected chi connectivity index (χ3v) is 5.06. The van der Waals surface area contributed by atoms with E-state index in [1.54, 1.807) is 18.0 Å². The second-order valence-corrected chi connectivity index (χ2v) is 8.34. The normalized spacial score (nSPS) is 12.0. The van der Waals surface area contributed by atoms with Gasteiger partial charge in [-0.2, -0.15) is 8.42 Å². The first-order chi connectivity index (χ1) is 11.9. The summed E-state index contributed by atoms with van der Waals surface area (Å²) >= 11 is 0. The third-order valence-electron chi connectivity index (χ3n) is 4.26. The van der Waals surface area contributed by atoms with Gasteiger partial charge in [0.2, 0.25) is 5.91 Å². The molecule has 0 aromatic carbocycles. The van der Waals surface area contributed by atoms with Crippen molar-refractivity contribution < 1.29 is 17.8 Å². The monoisotopic (exact) mass is 375 g/mol. The zero-order valence-corrected chi connectivity index (χ0v) is 16.9. The predicted octanol–water partition coefficient (Wildman–Crippen LogP) is 4.59. The molecule has 0 spiro atoms. The summed E-state index contributed by atoms with van der Waals surface area (Å²) in [6.45, 7) is 2.73. The van der Waals surface area contributed by atoms with Gasteiger partial charge >= 0.3 is 0 Å². The molecular formula is C19H37NO4S. The number of hydrogen-bond acceptors (Lipinski definition) is 3. The Hall–Kier alpha value is -0.880. The van der Waals surface area contributed by atoms with E-state index in [0.29, 0.717) is 19.4 Å². The molecule has 0 radical (unpaired) electrons. The first-order valence-corrected chi connectivity index (χ1v) is 11.3. The summed E-state index contributed by atoms with van der Waals surface area (Å²) in [6, 6.07) is 0. The predicted molar refractivity (Wildman–Crippen MR) is 104 cm³/mol. The smallest absolute Gasteiger partial charge is 0.264 e. The molecule has 0 saturated carbocycles. The molecule has 0 bridgehead atoms. The maximum absolute atomic E-state index is 11.9. The van der Waals surface area contributed by atoms with Crippen LogP contribution in [0.1, 0.15) is 84.0 Å². The fourth-order valence-electron chi connectivity index (χ4n) is 2.63. The van der Waals surface area contributed by atoms with E-state index < -0.39 is 10.1 Å². The Kier molecular flexibility index (Phi) is 14.8. The van der Waals surface area contributed by atoms with Crippen molar-refractivity contribution in [3.05, 3.63) is 12.2 Å². The fraction of sp³-hybridized carbons (Fsp3) is 0.842. The minimum Gasteiger partial charge on any atom is -0.342 e. The van der Waals surface area contributed by atoms with Crippen LogP contribution in [0, 0.1) is 0 Å². The maximum atomic E-state index is 11.9. The molecule has 0 heterocycles. The van der Waals surface area contributed by atoms with Gasteiger partial charge in [-0.3, -0.25) is 9.35 Å². The highest BCUT2D eigenvalue weighted by Crippen LogP contribution is 2.10. The Morgan fingerprint density at radius 3 is 2.04 bits per heavy atom. The lowest BCUT2D eigenvalue weighted by molar-refractivity contribution is -0.124. The van der Waals surface area contributed by atoms with Crippen LogP contribution >= 0.6 is 0 Å². The fourth-order valence-corrected chi connectivity index (χ4v) is 3.20. The van der Waals surface area contributed by atoms with Gasteiger partial charge in [-0.15, -0.1) is 0 Å². The number of hydrogen-bond donors (Lipinski definition) is 1. The van der Waals surface area contributed by atoms with Crippen LogP contribution in [0.4, 0.5) is 0 Å². The molecule has 0 aliphatic rings. The van der Waals surface area contributed by atoms with Crippen molar-refractivity contribution in [3.8, 4) is 0 Å². The van der Waals surface area contributed by atoms with Gasteiger partial charge in [0, 0.05) is 13.6 Å². The molecule has 0 aromatic rings. The van der Waals surface area contributed by atoms with Crippen molar-refractivity contribution in [2.24, 2.45) is 0 Å². The first-order valence-electron chi connectivity index (χ1n) is 9.73. The number of carbonyl (C=O) groups excluding carboxylic acids is 1. The van der Waals surface area contributed by atoms with Crippen LogP contribution in [0.5, 0.6) is 0 Å². The molecule has 0 fully saturated rings. The van der Waals surface area contributed by atoms with E-state index in [4.69, 9.17) is 4.55 Å². The third kappa shape index (κ3) is 17.7. The van der Waals surface area contributed by atoms with Crippen LogP contribution in [0.15, 0.2) is 12.2 Å². The van der Waals surface area contributed by atoms with E-state index in [0.717, 1.165) is 12.8 Å². The molecule has 148 valence electrons. The summed E-state index contributed by atoms with van der Waals surface area (Å²) in [5.41, 5.74) is 0. The van der Waals surface area contributed by atoms with Crippen molar-refractivity contribution in [3.63, 3.8) is 0 Å². The van der Waals surface area contributed by atoms with Gasteiger partial charge < -0.3 is 4.90 Å². The SMILES string of the molecule is CCCCCCCCCCC/C=C/C(=O)N(C)CCCCS(=O)(=O)O. The summed E-state index contributed by atoms with van der Waals surface area (Å²) in [5.74, 6) is -0.300. The highest BCUT2D eigenvalue weighted by molar-refractivity contribution is 7.85. The Morgan fingerprint density at radius 1 is 0.920 bits per heavy atom. The molecule has 0 saturated heterocycles. The average molecular weight is 376 g/mol. The molecule has 0 atom stereocenters. The molecular weight excluding hydrogens is 338 g/mol. The van der Waals surface area contributed by atoms with E-state index in [1.165, 1.54) is 51.4 Å². The topological polar surface area (TPSA) is 74.7 Å². The van der Waals surface area contributed by atoms with Gasteiger partial charge in [-0.25, -0.2) is 0 Å². The lowest BCUT2D eigenvalue weighted by Crippen LogP contribution is -2.26. The van der Waals surface area contributed by atoms with Gasteiger partial charge in [0.05, 0.1) is 5.75 Å². The van der Waals surface area contributed by atoms with Gasteiger partial charge in [-0.05, 0) is 31.8 Å². The second kappa shape index (κ2) is 15.4. The van der Waals surface area contributed by atoms with Crippen LogP contribution in [0.25, 0.3) is 0 Å². The van der Waals surface area contributed by atoms with Gasteiger partial charge in [-0.1, -0.05) is 64.4 Å². The minimum atomic E-state index is -3.89. The molecule has 0 aromatic heterocycles. The highest BCUT2D eigenvalue weighted by atomic mass is 32.2. The van der Waals surface area contributed by atoms with Gasteiger partial charge in [0.25, 0.3) is 10.1 Å². The quantitative estimate of drug-likeness (QED) is 0.243. The Labute approximate surface area is 154 Å². The number of nitrogens with zero attached hydrogens (tertiary/aromatic N) is 1. The molecule has 0 rings (SSSR count). The van der Waals surface area contributed by atoms with E-state index in [9.17, 15) is 13.2 Å². The number of likely N-dealkylation sites (N-methyl/N-ethyl adjacent to an activating group) is 1. The number of allylic oxidation sites excluding steroid dienone is 1. The number of rotatable bonds is 16. The minimum absolute atomic E-state index is 0.0530. The zero-order valence-electron chi connectivity index (χ0n) is 16.1. The van der Waals surface area contributed by atoms with Crippen molar-refractivity contribution >= 4 is 16.0 Å². The molecule has 0 unspecified atom stereocenters. The first kappa shape index (κ1) is 24.1. The average Bonchev–Trinajstić information content (AvgIpc) is 2.55. The molecule has 6 heteroatoms. The van der Waals surface area contributed by atoms with E-state index in [2.05, 4.69) is 6.92 Å². The number of amides is 1. The molecule has 0 aliphatic carbocycles. The van der Waals surface area contributed by atoms with Gasteiger partial charge in [0.15, 0.2) is 0 Å². The van der Waals surface area contributed by atoms with E-state index in [-0.39, 0.29) is 11.7 Å². The Bertz CT molecular complexity index is 460. The van der Waals surface area contributed by atoms with Crippen LogP contribution in [-0.4, -0.2) is 43.1 Å². The van der Waals surface area contributed by atoms with Crippen molar-refractivity contribution in [2.45, 2.75) is 84.0 Å². The van der Waals surface area contributed by atoms with Crippen LogP contribution in [-0.2, 0) is 14.9 Å². The highest BCUT2D eigenvalue weighted by Gasteiger charge is 2.07. The van der Waals surface area contributed by atoms with Crippen LogP contribution < -0.4 is 0 Å². The number of unbranched alkanes of at least 4 members (excludes halogenated alkanes) is 10. The summed E-state index contributed by atoms with van der Waals surface area (Å²) in [6.07, 6.45) is 17.0. The molecule has 5 nitrogen and oxygen atoms in total. The van der Waals surface area contributed by atoms with Crippen molar-refractivity contribution in [1.29, 1.82) is 0 Å². The summed E-state index contributed by atoms with van der Waals surface area (Å²) in [4.78, 5) is 13.4.